The molecule has 0 aliphatic carbocycles. The number of piperidine rings is 1. The third kappa shape index (κ3) is 4.30. The molecule has 2 N–H and O–H groups in total. The zero-order valence-corrected chi connectivity index (χ0v) is 14.9. The highest BCUT2D eigenvalue weighted by Gasteiger charge is 2.36. The predicted molar refractivity (Wildman–Crippen MR) is 92.9 cm³/mol. The van der Waals surface area contributed by atoms with Gasteiger partial charge in [0.2, 0.25) is 11.8 Å². The third-order valence-corrected chi connectivity index (χ3v) is 5.66. The van der Waals surface area contributed by atoms with E-state index in [1.807, 2.05) is 11.9 Å². The van der Waals surface area contributed by atoms with Crippen molar-refractivity contribution in [3.63, 3.8) is 0 Å². The SMILES string of the molecule is Cc1cc(NC(=O)CSCC(=O)N(C)C2CC3CCC(C2)N3)no1. The number of anilines is 1. The molecule has 2 aliphatic rings. The first-order chi connectivity index (χ1) is 11.5. The minimum Gasteiger partial charge on any atom is -0.360 e. The lowest BCUT2D eigenvalue weighted by atomic mass is 9.98. The molecule has 24 heavy (non-hydrogen) atoms. The summed E-state index contributed by atoms with van der Waals surface area (Å²) >= 11 is 1.33. The fourth-order valence-electron chi connectivity index (χ4n) is 3.48. The van der Waals surface area contributed by atoms with Gasteiger partial charge in [-0.1, -0.05) is 5.16 Å². The van der Waals surface area contributed by atoms with Gasteiger partial charge in [0.15, 0.2) is 5.82 Å². The lowest BCUT2D eigenvalue weighted by Gasteiger charge is -2.35. The summed E-state index contributed by atoms with van der Waals surface area (Å²) in [7, 11) is 1.89. The molecular weight excluding hydrogens is 328 g/mol. The number of amides is 2. The number of nitrogens with zero attached hydrogens (tertiary/aromatic N) is 2. The second kappa shape index (κ2) is 7.57. The molecule has 1 aromatic rings. The van der Waals surface area contributed by atoms with Crippen molar-refractivity contribution in [3.05, 3.63) is 11.8 Å². The van der Waals surface area contributed by atoms with Gasteiger partial charge in [-0.3, -0.25) is 9.59 Å². The molecule has 3 heterocycles. The topological polar surface area (TPSA) is 87.5 Å². The van der Waals surface area contributed by atoms with E-state index in [2.05, 4.69) is 15.8 Å². The quantitative estimate of drug-likeness (QED) is 0.805. The maximum Gasteiger partial charge on any atom is 0.235 e. The summed E-state index contributed by atoms with van der Waals surface area (Å²) in [5, 5.41) is 9.95. The number of hydrogen-bond donors (Lipinski definition) is 2. The monoisotopic (exact) mass is 352 g/mol. The average Bonchev–Trinajstić information content (AvgIpc) is 3.11. The Balaban J connectivity index is 1.38. The minimum atomic E-state index is -0.177. The molecule has 8 heteroatoms. The van der Waals surface area contributed by atoms with Crippen molar-refractivity contribution in [1.29, 1.82) is 0 Å². The number of aryl methyl sites for hydroxylation is 1. The van der Waals surface area contributed by atoms with Crippen LogP contribution in [-0.4, -0.2) is 58.5 Å². The predicted octanol–water partition coefficient (Wildman–Crippen LogP) is 1.40. The van der Waals surface area contributed by atoms with Crippen LogP contribution < -0.4 is 10.6 Å². The zero-order valence-electron chi connectivity index (χ0n) is 14.1. The van der Waals surface area contributed by atoms with Gasteiger partial charge in [-0.25, -0.2) is 0 Å². The van der Waals surface area contributed by atoms with E-state index in [0.717, 1.165) is 12.8 Å². The molecule has 3 rings (SSSR count). The Kier molecular flexibility index (Phi) is 5.45. The summed E-state index contributed by atoms with van der Waals surface area (Å²) in [4.78, 5) is 26.0. The summed E-state index contributed by atoms with van der Waals surface area (Å²) < 4.78 is 4.89. The smallest absolute Gasteiger partial charge is 0.235 e. The average molecular weight is 352 g/mol. The van der Waals surface area contributed by atoms with Crippen LogP contribution in [0.4, 0.5) is 5.82 Å². The van der Waals surface area contributed by atoms with E-state index in [0.29, 0.717) is 35.5 Å². The summed E-state index contributed by atoms with van der Waals surface area (Å²) in [6.45, 7) is 1.76. The Hall–Kier alpha value is -1.54. The third-order valence-electron chi connectivity index (χ3n) is 4.74. The van der Waals surface area contributed by atoms with Gasteiger partial charge < -0.3 is 20.1 Å². The number of carbonyl (C=O) groups excluding carboxylic acids is 2. The highest BCUT2D eigenvalue weighted by molar-refractivity contribution is 8.00. The number of aromatic nitrogens is 1. The van der Waals surface area contributed by atoms with Gasteiger partial charge in [0.1, 0.15) is 5.76 Å². The van der Waals surface area contributed by atoms with Crippen molar-refractivity contribution < 1.29 is 14.1 Å². The molecule has 0 radical (unpaired) electrons. The first kappa shape index (κ1) is 17.3. The number of rotatable bonds is 6. The highest BCUT2D eigenvalue weighted by Crippen LogP contribution is 2.29. The summed E-state index contributed by atoms with van der Waals surface area (Å²) in [6, 6.07) is 3.11. The molecule has 1 aromatic heterocycles. The number of fused-ring (bicyclic) bond motifs is 2. The van der Waals surface area contributed by atoms with Crippen molar-refractivity contribution in [2.45, 2.75) is 50.7 Å². The molecule has 0 aromatic carbocycles. The number of thioether (sulfide) groups is 1. The van der Waals surface area contributed by atoms with Gasteiger partial charge >= 0.3 is 0 Å². The maximum atomic E-state index is 12.3. The van der Waals surface area contributed by atoms with Crippen molar-refractivity contribution in [2.75, 3.05) is 23.9 Å². The molecule has 2 aliphatic heterocycles. The van der Waals surface area contributed by atoms with Crippen molar-refractivity contribution in [1.82, 2.24) is 15.4 Å². The van der Waals surface area contributed by atoms with E-state index >= 15 is 0 Å². The number of carbonyl (C=O) groups is 2. The van der Waals surface area contributed by atoms with Crippen molar-refractivity contribution in [2.24, 2.45) is 0 Å². The molecule has 2 saturated heterocycles. The van der Waals surface area contributed by atoms with Crippen LogP contribution in [0.3, 0.4) is 0 Å². The van der Waals surface area contributed by atoms with Gasteiger partial charge in [0.05, 0.1) is 11.5 Å². The van der Waals surface area contributed by atoms with Crippen LogP contribution in [0.25, 0.3) is 0 Å². The van der Waals surface area contributed by atoms with Crippen LogP contribution in [0.15, 0.2) is 10.6 Å². The molecule has 2 unspecified atom stereocenters. The Bertz CT molecular complexity index is 594. The molecule has 7 nitrogen and oxygen atoms in total. The molecule has 2 amide bonds. The lowest BCUT2D eigenvalue weighted by molar-refractivity contribution is -0.129. The molecule has 2 bridgehead atoms. The Morgan fingerprint density at radius 2 is 2.08 bits per heavy atom. The lowest BCUT2D eigenvalue weighted by Crippen LogP contribution is -2.49. The van der Waals surface area contributed by atoms with Crippen LogP contribution in [0.1, 0.15) is 31.4 Å². The van der Waals surface area contributed by atoms with Crippen molar-refractivity contribution >= 4 is 29.4 Å². The molecule has 0 saturated carbocycles. The largest absolute Gasteiger partial charge is 0.360 e. The second-order valence-corrected chi connectivity index (χ2v) is 7.62. The molecule has 0 spiro atoms. The van der Waals surface area contributed by atoms with Crippen LogP contribution in [0.2, 0.25) is 0 Å². The van der Waals surface area contributed by atoms with Gasteiger partial charge in [0, 0.05) is 31.2 Å². The van der Waals surface area contributed by atoms with Gasteiger partial charge in [-0.2, -0.15) is 0 Å². The van der Waals surface area contributed by atoms with E-state index in [1.165, 1.54) is 24.6 Å². The highest BCUT2D eigenvalue weighted by atomic mass is 32.2. The normalized spacial score (nSPS) is 25.5. The Morgan fingerprint density at radius 1 is 1.38 bits per heavy atom. The van der Waals surface area contributed by atoms with E-state index in [4.69, 9.17) is 4.52 Å². The Morgan fingerprint density at radius 3 is 2.71 bits per heavy atom. The second-order valence-electron chi connectivity index (χ2n) is 6.63. The van der Waals surface area contributed by atoms with Gasteiger partial charge in [-0.05, 0) is 32.6 Å². The van der Waals surface area contributed by atoms with Crippen LogP contribution >= 0.6 is 11.8 Å². The summed E-state index contributed by atoms with van der Waals surface area (Å²) in [5.41, 5.74) is 0. The first-order valence-electron chi connectivity index (χ1n) is 8.34. The van der Waals surface area contributed by atoms with E-state index in [9.17, 15) is 9.59 Å². The molecule has 2 fully saturated rings. The minimum absolute atomic E-state index is 0.0939. The van der Waals surface area contributed by atoms with Gasteiger partial charge in [-0.15, -0.1) is 11.8 Å². The zero-order chi connectivity index (χ0) is 17.1. The molecule has 2 atom stereocenters. The van der Waals surface area contributed by atoms with Gasteiger partial charge in [0.25, 0.3) is 0 Å². The van der Waals surface area contributed by atoms with Crippen LogP contribution in [-0.2, 0) is 9.59 Å². The van der Waals surface area contributed by atoms with Crippen LogP contribution in [0.5, 0.6) is 0 Å². The summed E-state index contributed by atoms with van der Waals surface area (Å²) in [5.74, 6) is 1.52. The molecular formula is C16H24N4O3S. The number of nitrogens with one attached hydrogen (secondary N) is 2. The fourth-order valence-corrected chi connectivity index (χ4v) is 4.22. The Labute approximate surface area is 145 Å². The van der Waals surface area contributed by atoms with E-state index in [1.54, 1.807) is 13.0 Å². The standard InChI is InChI=1S/C16H24N4O3S/c1-10-5-14(19-23-10)18-15(21)8-24-9-16(22)20(2)13-6-11-3-4-12(7-13)17-11/h5,11-13,17H,3-4,6-9H2,1-2H3,(H,18,19,21). The first-order valence-corrected chi connectivity index (χ1v) is 9.49. The van der Waals surface area contributed by atoms with Crippen molar-refractivity contribution in [3.8, 4) is 0 Å². The van der Waals surface area contributed by atoms with E-state index in [-0.39, 0.29) is 17.6 Å². The van der Waals surface area contributed by atoms with Crippen LogP contribution in [0, 0.1) is 6.92 Å². The van der Waals surface area contributed by atoms with E-state index < -0.39 is 0 Å². The fraction of sp³-hybridized carbons (Fsp3) is 0.688. The summed E-state index contributed by atoms with van der Waals surface area (Å²) in [6.07, 6.45) is 4.52. The number of hydrogen-bond acceptors (Lipinski definition) is 6. The maximum absolute atomic E-state index is 12.3. The molecule has 132 valence electrons.